The number of benzene rings is 2. The van der Waals surface area contributed by atoms with Crippen LogP contribution in [0.1, 0.15) is 10.4 Å². The summed E-state index contributed by atoms with van der Waals surface area (Å²) < 4.78 is 13.5. The summed E-state index contributed by atoms with van der Waals surface area (Å²) in [5, 5.41) is 11.7. The maximum atomic E-state index is 13.5. The van der Waals surface area contributed by atoms with E-state index in [1.54, 1.807) is 24.5 Å². The highest BCUT2D eigenvalue weighted by Gasteiger charge is 2.10. The van der Waals surface area contributed by atoms with Gasteiger partial charge in [-0.15, -0.1) is 11.8 Å². The molecule has 0 aromatic heterocycles. The predicted molar refractivity (Wildman–Crippen MR) is 92.9 cm³/mol. The minimum atomic E-state index is -0.328. The fourth-order valence-electron chi connectivity index (χ4n) is 2.08. The van der Waals surface area contributed by atoms with E-state index in [4.69, 9.17) is 5.11 Å². The topological polar surface area (TPSA) is 52.6 Å². The molecule has 0 aliphatic rings. The number of nitrogens with zero attached hydrogens (tertiary/aromatic N) is 1. The lowest BCUT2D eigenvalue weighted by atomic mass is 10.2. The van der Waals surface area contributed by atoms with Crippen LogP contribution in [0.15, 0.2) is 47.4 Å². The summed E-state index contributed by atoms with van der Waals surface area (Å²) in [4.78, 5) is 14.6. The quantitative estimate of drug-likeness (QED) is 0.797. The maximum absolute atomic E-state index is 13.5. The fourth-order valence-corrected chi connectivity index (χ4v) is 2.59. The van der Waals surface area contributed by atoms with Crippen molar-refractivity contribution in [3.63, 3.8) is 0 Å². The largest absolute Gasteiger partial charge is 0.395 e. The van der Waals surface area contributed by atoms with Crippen molar-refractivity contribution in [3.8, 4) is 0 Å². The Labute approximate surface area is 139 Å². The number of anilines is 2. The summed E-state index contributed by atoms with van der Waals surface area (Å²) in [5.74, 6) is -0.609. The summed E-state index contributed by atoms with van der Waals surface area (Å²) in [7, 11) is 1.88. The minimum absolute atomic E-state index is 0.0807. The van der Waals surface area contributed by atoms with Crippen LogP contribution in [0.5, 0.6) is 0 Å². The molecule has 4 nitrogen and oxygen atoms in total. The number of thioether (sulfide) groups is 1. The van der Waals surface area contributed by atoms with Crippen LogP contribution >= 0.6 is 11.8 Å². The van der Waals surface area contributed by atoms with Gasteiger partial charge in [-0.1, -0.05) is 0 Å². The molecule has 0 unspecified atom stereocenters. The zero-order valence-corrected chi connectivity index (χ0v) is 13.9. The molecule has 0 bridgehead atoms. The Hall–Kier alpha value is -2.05. The van der Waals surface area contributed by atoms with E-state index in [0.29, 0.717) is 22.7 Å². The summed E-state index contributed by atoms with van der Waals surface area (Å²) in [6.07, 6.45) is 1.77. The molecular formula is C17H19FN2O2S. The second-order valence-electron chi connectivity index (χ2n) is 5.00. The number of likely N-dealkylation sites (N-methyl/N-ethyl adjacent to an activating group) is 1. The number of aliphatic hydroxyl groups is 1. The van der Waals surface area contributed by atoms with Gasteiger partial charge in [0, 0.05) is 35.4 Å². The normalized spacial score (nSPS) is 10.4. The number of amides is 1. The van der Waals surface area contributed by atoms with Gasteiger partial charge in [0.1, 0.15) is 5.82 Å². The lowest BCUT2D eigenvalue weighted by Gasteiger charge is -2.18. The van der Waals surface area contributed by atoms with Crippen LogP contribution in [0.4, 0.5) is 15.8 Å². The molecule has 2 N–H and O–H groups in total. The molecule has 122 valence electrons. The Morgan fingerprint density at radius 2 is 1.96 bits per heavy atom. The molecule has 0 saturated heterocycles. The van der Waals surface area contributed by atoms with Crippen molar-refractivity contribution in [2.45, 2.75) is 4.90 Å². The van der Waals surface area contributed by atoms with Gasteiger partial charge in [-0.05, 0) is 48.7 Å². The van der Waals surface area contributed by atoms with E-state index in [-0.39, 0.29) is 18.3 Å². The second kappa shape index (κ2) is 7.99. The molecule has 0 saturated carbocycles. The van der Waals surface area contributed by atoms with Crippen LogP contribution in [0.2, 0.25) is 0 Å². The Balaban J connectivity index is 2.08. The van der Waals surface area contributed by atoms with Gasteiger partial charge in [0.2, 0.25) is 0 Å². The number of hydrogen-bond donors (Lipinski definition) is 2. The SMILES string of the molecule is CSc1cc(C(=O)Nc2ccc(N(C)CCO)cc2)ccc1F. The van der Waals surface area contributed by atoms with Crippen LogP contribution in [-0.2, 0) is 0 Å². The van der Waals surface area contributed by atoms with Crippen LogP contribution in [0, 0.1) is 5.82 Å². The van der Waals surface area contributed by atoms with Gasteiger partial charge in [0.05, 0.1) is 6.61 Å². The molecule has 0 fully saturated rings. The zero-order valence-electron chi connectivity index (χ0n) is 13.0. The summed E-state index contributed by atoms with van der Waals surface area (Å²) in [6.45, 7) is 0.621. The van der Waals surface area contributed by atoms with Crippen molar-refractivity contribution in [3.05, 3.63) is 53.8 Å². The molecule has 2 aromatic carbocycles. The molecule has 0 heterocycles. The van der Waals surface area contributed by atoms with Crippen molar-refractivity contribution >= 4 is 29.0 Å². The number of nitrogens with one attached hydrogen (secondary N) is 1. The average Bonchev–Trinajstić information content (AvgIpc) is 2.56. The highest BCUT2D eigenvalue weighted by molar-refractivity contribution is 7.98. The van der Waals surface area contributed by atoms with Gasteiger partial charge in [-0.3, -0.25) is 4.79 Å². The van der Waals surface area contributed by atoms with Crippen molar-refractivity contribution in [2.24, 2.45) is 0 Å². The first-order chi connectivity index (χ1) is 11.0. The van der Waals surface area contributed by atoms with Gasteiger partial charge in [-0.2, -0.15) is 0 Å². The van der Waals surface area contributed by atoms with Crippen molar-refractivity contribution in [1.29, 1.82) is 0 Å². The number of halogens is 1. The van der Waals surface area contributed by atoms with E-state index >= 15 is 0 Å². The molecule has 0 radical (unpaired) electrons. The fraction of sp³-hybridized carbons (Fsp3) is 0.235. The first-order valence-corrected chi connectivity index (χ1v) is 8.34. The van der Waals surface area contributed by atoms with E-state index in [1.165, 1.54) is 23.9 Å². The number of rotatable bonds is 6. The van der Waals surface area contributed by atoms with Crippen LogP contribution in [0.25, 0.3) is 0 Å². The van der Waals surface area contributed by atoms with Gasteiger partial charge < -0.3 is 15.3 Å². The van der Waals surface area contributed by atoms with E-state index in [0.717, 1.165) is 5.69 Å². The van der Waals surface area contributed by atoms with E-state index in [1.807, 2.05) is 24.1 Å². The van der Waals surface area contributed by atoms with E-state index in [2.05, 4.69) is 5.32 Å². The standard InChI is InChI=1S/C17H19FN2O2S/c1-20(9-10-21)14-6-4-13(5-7-14)19-17(22)12-3-8-15(18)16(11-12)23-2/h3-8,11,21H,9-10H2,1-2H3,(H,19,22). The third kappa shape index (κ3) is 4.46. The molecule has 2 rings (SSSR count). The molecule has 0 atom stereocenters. The predicted octanol–water partition coefficient (Wildman–Crippen LogP) is 3.23. The second-order valence-corrected chi connectivity index (χ2v) is 5.84. The minimum Gasteiger partial charge on any atom is -0.395 e. The maximum Gasteiger partial charge on any atom is 0.255 e. The van der Waals surface area contributed by atoms with Crippen LogP contribution < -0.4 is 10.2 Å². The number of aliphatic hydroxyl groups excluding tert-OH is 1. The van der Waals surface area contributed by atoms with Crippen LogP contribution in [0.3, 0.4) is 0 Å². The molecule has 2 aromatic rings. The van der Waals surface area contributed by atoms with E-state index in [9.17, 15) is 9.18 Å². The number of carbonyl (C=O) groups is 1. The first-order valence-electron chi connectivity index (χ1n) is 7.12. The van der Waals surface area contributed by atoms with Crippen LogP contribution in [-0.4, -0.2) is 37.5 Å². The molecule has 1 amide bonds. The smallest absolute Gasteiger partial charge is 0.255 e. The molecule has 23 heavy (non-hydrogen) atoms. The summed E-state index contributed by atoms with van der Waals surface area (Å²) >= 11 is 1.26. The molecule has 0 aliphatic carbocycles. The Morgan fingerprint density at radius 1 is 1.26 bits per heavy atom. The van der Waals surface area contributed by atoms with Crippen molar-refractivity contribution in [1.82, 2.24) is 0 Å². The molecular weight excluding hydrogens is 315 g/mol. The average molecular weight is 334 g/mol. The Morgan fingerprint density at radius 3 is 2.57 bits per heavy atom. The highest BCUT2D eigenvalue weighted by atomic mass is 32.2. The van der Waals surface area contributed by atoms with Gasteiger partial charge in [0.25, 0.3) is 5.91 Å². The number of carbonyl (C=O) groups excluding carboxylic acids is 1. The lowest BCUT2D eigenvalue weighted by Crippen LogP contribution is -2.21. The molecule has 0 spiro atoms. The van der Waals surface area contributed by atoms with Gasteiger partial charge >= 0.3 is 0 Å². The van der Waals surface area contributed by atoms with Crippen molar-refractivity contribution in [2.75, 3.05) is 36.7 Å². The van der Waals surface area contributed by atoms with E-state index < -0.39 is 0 Å². The third-order valence-electron chi connectivity index (χ3n) is 3.41. The Bertz CT molecular complexity index is 677. The van der Waals surface area contributed by atoms with Gasteiger partial charge in [0.15, 0.2) is 0 Å². The molecule has 0 aliphatic heterocycles. The lowest BCUT2D eigenvalue weighted by molar-refractivity contribution is 0.102. The zero-order chi connectivity index (χ0) is 16.8. The number of hydrogen-bond acceptors (Lipinski definition) is 4. The monoisotopic (exact) mass is 334 g/mol. The first kappa shape index (κ1) is 17.3. The summed E-state index contributed by atoms with van der Waals surface area (Å²) in [5.41, 5.74) is 2.02. The summed E-state index contributed by atoms with van der Waals surface area (Å²) in [6, 6.07) is 11.6. The third-order valence-corrected chi connectivity index (χ3v) is 4.17. The highest BCUT2D eigenvalue weighted by Crippen LogP contribution is 2.22. The Kier molecular flexibility index (Phi) is 6.01. The van der Waals surface area contributed by atoms with Gasteiger partial charge in [-0.25, -0.2) is 4.39 Å². The molecule has 6 heteroatoms. The van der Waals surface area contributed by atoms with Crippen molar-refractivity contribution < 1.29 is 14.3 Å².